The zero-order chi connectivity index (χ0) is 13.8. The summed E-state index contributed by atoms with van der Waals surface area (Å²) in [5, 5.41) is 3.43. The Morgan fingerprint density at radius 3 is 2.42 bits per heavy atom. The standard InChI is InChI=1S/C16H27N3/c1-5-17-16-14(11(2)3)12(4)18-15(19-16)13-9-7-6-8-10-13/h11,13H,5-10H2,1-4H3,(H,17,18,19). The van der Waals surface area contributed by atoms with Gasteiger partial charge in [0, 0.05) is 23.7 Å². The molecule has 1 aromatic heterocycles. The summed E-state index contributed by atoms with van der Waals surface area (Å²) >= 11 is 0. The molecule has 1 aliphatic rings. The molecule has 0 saturated heterocycles. The second kappa shape index (κ2) is 6.36. The number of aromatic nitrogens is 2. The number of nitrogens with one attached hydrogen (secondary N) is 1. The minimum atomic E-state index is 0.467. The Hall–Kier alpha value is -1.12. The van der Waals surface area contributed by atoms with Crippen molar-refractivity contribution >= 4 is 5.82 Å². The molecule has 0 unspecified atom stereocenters. The Kier molecular flexibility index (Phi) is 4.78. The van der Waals surface area contributed by atoms with Gasteiger partial charge in [0.1, 0.15) is 11.6 Å². The van der Waals surface area contributed by atoms with E-state index in [0.29, 0.717) is 11.8 Å². The summed E-state index contributed by atoms with van der Waals surface area (Å²) in [6, 6.07) is 0. The zero-order valence-corrected chi connectivity index (χ0v) is 12.8. The van der Waals surface area contributed by atoms with E-state index in [1.54, 1.807) is 0 Å². The molecule has 1 aromatic rings. The van der Waals surface area contributed by atoms with Gasteiger partial charge in [-0.1, -0.05) is 33.1 Å². The minimum Gasteiger partial charge on any atom is -0.370 e. The summed E-state index contributed by atoms with van der Waals surface area (Å²) in [7, 11) is 0. The van der Waals surface area contributed by atoms with Gasteiger partial charge in [-0.15, -0.1) is 0 Å². The summed E-state index contributed by atoms with van der Waals surface area (Å²) in [5.41, 5.74) is 2.43. The lowest BCUT2D eigenvalue weighted by Crippen LogP contribution is -2.15. The second-order valence-corrected chi connectivity index (χ2v) is 5.95. The summed E-state index contributed by atoms with van der Waals surface area (Å²) in [4.78, 5) is 9.66. The molecule has 3 heteroatoms. The maximum atomic E-state index is 4.85. The van der Waals surface area contributed by atoms with Crippen molar-refractivity contribution in [3.63, 3.8) is 0 Å². The van der Waals surface area contributed by atoms with Gasteiger partial charge >= 0.3 is 0 Å². The van der Waals surface area contributed by atoms with E-state index in [4.69, 9.17) is 9.97 Å². The van der Waals surface area contributed by atoms with Crippen LogP contribution in [0.1, 0.15) is 81.8 Å². The van der Waals surface area contributed by atoms with Crippen molar-refractivity contribution in [3.05, 3.63) is 17.1 Å². The van der Waals surface area contributed by atoms with Crippen LogP contribution in [0.25, 0.3) is 0 Å². The average molecular weight is 261 g/mol. The van der Waals surface area contributed by atoms with Crippen LogP contribution in [0.15, 0.2) is 0 Å². The molecule has 1 N–H and O–H groups in total. The quantitative estimate of drug-likeness (QED) is 0.873. The first kappa shape index (κ1) is 14.3. The SMILES string of the molecule is CCNc1nc(C2CCCCC2)nc(C)c1C(C)C. The third-order valence-corrected chi connectivity index (χ3v) is 4.05. The monoisotopic (exact) mass is 261 g/mol. The van der Waals surface area contributed by atoms with Crippen LogP contribution in [0.3, 0.4) is 0 Å². The van der Waals surface area contributed by atoms with E-state index in [2.05, 4.69) is 33.0 Å². The van der Waals surface area contributed by atoms with Gasteiger partial charge in [0.15, 0.2) is 0 Å². The van der Waals surface area contributed by atoms with E-state index in [1.165, 1.54) is 37.7 Å². The number of nitrogens with zero attached hydrogens (tertiary/aromatic N) is 2. The molecular formula is C16H27N3. The molecule has 3 nitrogen and oxygen atoms in total. The van der Waals surface area contributed by atoms with Gasteiger partial charge in [-0.25, -0.2) is 9.97 Å². The Balaban J connectivity index is 2.35. The first-order valence-corrected chi connectivity index (χ1v) is 7.75. The molecule has 106 valence electrons. The van der Waals surface area contributed by atoms with Gasteiger partial charge in [-0.2, -0.15) is 0 Å². The van der Waals surface area contributed by atoms with Crippen LogP contribution in [-0.4, -0.2) is 16.5 Å². The molecule has 0 spiro atoms. The molecule has 0 atom stereocenters. The van der Waals surface area contributed by atoms with Gasteiger partial charge in [0.2, 0.25) is 0 Å². The van der Waals surface area contributed by atoms with Crippen molar-refractivity contribution in [1.82, 2.24) is 9.97 Å². The molecule has 19 heavy (non-hydrogen) atoms. The first-order valence-electron chi connectivity index (χ1n) is 7.75. The number of anilines is 1. The zero-order valence-electron chi connectivity index (χ0n) is 12.8. The van der Waals surface area contributed by atoms with Crippen LogP contribution in [0.5, 0.6) is 0 Å². The number of hydrogen-bond acceptors (Lipinski definition) is 3. The highest BCUT2D eigenvalue weighted by Crippen LogP contribution is 2.33. The van der Waals surface area contributed by atoms with Crippen LogP contribution in [0.4, 0.5) is 5.82 Å². The van der Waals surface area contributed by atoms with Crippen LogP contribution in [0.2, 0.25) is 0 Å². The molecule has 0 bridgehead atoms. The van der Waals surface area contributed by atoms with Gasteiger partial charge in [-0.3, -0.25) is 0 Å². The molecule has 1 heterocycles. The Morgan fingerprint density at radius 2 is 1.84 bits per heavy atom. The molecule has 0 aliphatic heterocycles. The van der Waals surface area contributed by atoms with Crippen LogP contribution in [0, 0.1) is 6.92 Å². The average Bonchev–Trinajstić information content (AvgIpc) is 2.39. The predicted octanol–water partition coefficient (Wildman–Crippen LogP) is 4.39. The van der Waals surface area contributed by atoms with E-state index in [1.807, 2.05) is 0 Å². The second-order valence-electron chi connectivity index (χ2n) is 5.95. The number of aryl methyl sites for hydroxylation is 1. The topological polar surface area (TPSA) is 37.8 Å². The summed E-state index contributed by atoms with van der Waals surface area (Å²) in [6.45, 7) is 9.60. The van der Waals surface area contributed by atoms with Crippen LogP contribution >= 0.6 is 0 Å². The molecule has 1 saturated carbocycles. The third kappa shape index (κ3) is 3.26. The number of hydrogen-bond donors (Lipinski definition) is 1. The van der Waals surface area contributed by atoms with E-state index in [9.17, 15) is 0 Å². The fourth-order valence-corrected chi connectivity index (χ4v) is 3.14. The van der Waals surface area contributed by atoms with Crippen molar-refractivity contribution < 1.29 is 0 Å². The molecular weight excluding hydrogens is 234 g/mol. The van der Waals surface area contributed by atoms with E-state index >= 15 is 0 Å². The van der Waals surface area contributed by atoms with Crippen molar-refractivity contribution in [2.75, 3.05) is 11.9 Å². The highest BCUT2D eigenvalue weighted by molar-refractivity contribution is 5.48. The summed E-state index contributed by atoms with van der Waals surface area (Å²) in [6.07, 6.45) is 6.54. The molecule has 0 aromatic carbocycles. The first-order chi connectivity index (χ1) is 9.13. The lowest BCUT2D eigenvalue weighted by atomic mass is 9.88. The maximum Gasteiger partial charge on any atom is 0.134 e. The highest BCUT2D eigenvalue weighted by atomic mass is 15.0. The molecule has 1 fully saturated rings. The van der Waals surface area contributed by atoms with E-state index < -0.39 is 0 Å². The Labute approximate surface area is 117 Å². The lowest BCUT2D eigenvalue weighted by Gasteiger charge is -2.23. The van der Waals surface area contributed by atoms with E-state index in [-0.39, 0.29) is 0 Å². The van der Waals surface area contributed by atoms with Crippen LogP contribution < -0.4 is 5.32 Å². The van der Waals surface area contributed by atoms with Crippen molar-refractivity contribution in [1.29, 1.82) is 0 Å². The summed E-state index contributed by atoms with van der Waals surface area (Å²) < 4.78 is 0. The van der Waals surface area contributed by atoms with Gasteiger partial charge < -0.3 is 5.32 Å². The molecule has 0 radical (unpaired) electrons. The van der Waals surface area contributed by atoms with Gasteiger partial charge in [-0.05, 0) is 32.6 Å². The van der Waals surface area contributed by atoms with Crippen molar-refractivity contribution in [2.45, 2.75) is 71.6 Å². The smallest absolute Gasteiger partial charge is 0.134 e. The highest BCUT2D eigenvalue weighted by Gasteiger charge is 2.21. The number of rotatable bonds is 4. The fourth-order valence-electron chi connectivity index (χ4n) is 3.14. The normalized spacial score (nSPS) is 16.9. The Bertz CT molecular complexity index is 420. The molecule has 0 amide bonds. The molecule has 1 aliphatic carbocycles. The van der Waals surface area contributed by atoms with Crippen molar-refractivity contribution in [3.8, 4) is 0 Å². The third-order valence-electron chi connectivity index (χ3n) is 4.05. The summed E-state index contributed by atoms with van der Waals surface area (Å²) in [5.74, 6) is 3.17. The predicted molar refractivity (Wildman–Crippen MR) is 80.8 cm³/mol. The van der Waals surface area contributed by atoms with Gasteiger partial charge in [0.25, 0.3) is 0 Å². The van der Waals surface area contributed by atoms with E-state index in [0.717, 1.165) is 23.9 Å². The van der Waals surface area contributed by atoms with Gasteiger partial charge in [0.05, 0.1) is 0 Å². The largest absolute Gasteiger partial charge is 0.370 e. The van der Waals surface area contributed by atoms with Crippen LogP contribution in [-0.2, 0) is 0 Å². The lowest BCUT2D eigenvalue weighted by molar-refractivity contribution is 0.428. The Morgan fingerprint density at radius 1 is 1.16 bits per heavy atom. The fraction of sp³-hybridized carbons (Fsp3) is 0.750. The molecule has 2 rings (SSSR count). The maximum absolute atomic E-state index is 4.85. The minimum absolute atomic E-state index is 0.467. The van der Waals surface area contributed by atoms with Crippen molar-refractivity contribution in [2.24, 2.45) is 0 Å².